The van der Waals surface area contributed by atoms with Crippen molar-refractivity contribution >= 4 is 22.8 Å². The Hall–Kier alpha value is -1.85. The Morgan fingerprint density at radius 3 is 2.70 bits per heavy atom. The number of piperidine rings is 1. The second kappa shape index (κ2) is 4.33. The van der Waals surface area contributed by atoms with E-state index in [1.165, 1.54) is 25.7 Å². The van der Waals surface area contributed by atoms with Crippen molar-refractivity contribution in [2.75, 3.05) is 23.7 Å². The number of nitrogens with zero attached hydrogens (tertiary/aromatic N) is 5. The number of nitrogen functional groups attached to an aromatic ring is 1. The quantitative estimate of drug-likeness (QED) is 0.853. The molecule has 2 aliphatic rings. The maximum atomic E-state index is 6.06. The molecular weight excluding hydrogens is 252 g/mol. The maximum absolute atomic E-state index is 6.06. The smallest absolute Gasteiger partial charge is 0.229 e. The van der Waals surface area contributed by atoms with Gasteiger partial charge in [-0.2, -0.15) is 15.1 Å². The molecule has 1 aliphatic carbocycles. The van der Waals surface area contributed by atoms with Gasteiger partial charge in [-0.3, -0.25) is 4.68 Å². The van der Waals surface area contributed by atoms with Crippen molar-refractivity contribution in [3.8, 4) is 0 Å². The van der Waals surface area contributed by atoms with E-state index in [0.29, 0.717) is 5.82 Å². The molecule has 0 radical (unpaired) electrons. The van der Waals surface area contributed by atoms with Crippen LogP contribution in [0.3, 0.4) is 0 Å². The highest BCUT2D eigenvalue weighted by atomic mass is 15.3. The summed E-state index contributed by atoms with van der Waals surface area (Å²) in [6.07, 6.45) is 7.18. The fraction of sp³-hybridized carbons (Fsp3) is 0.643. The predicted octanol–water partition coefficient (Wildman–Crippen LogP) is 1.57. The first kappa shape index (κ1) is 11.9. The van der Waals surface area contributed by atoms with Gasteiger partial charge in [0.25, 0.3) is 0 Å². The highest BCUT2D eigenvalue weighted by Crippen LogP contribution is 2.36. The van der Waals surface area contributed by atoms with Crippen molar-refractivity contribution < 1.29 is 0 Å². The summed E-state index contributed by atoms with van der Waals surface area (Å²) in [6, 6.07) is 0. The van der Waals surface area contributed by atoms with E-state index in [9.17, 15) is 0 Å². The Morgan fingerprint density at radius 1 is 1.20 bits per heavy atom. The number of aromatic nitrogens is 4. The Labute approximate surface area is 118 Å². The first-order valence-electron chi connectivity index (χ1n) is 7.41. The Bertz CT molecular complexity index is 636. The predicted molar refractivity (Wildman–Crippen MR) is 78.4 cm³/mol. The Balaban J connectivity index is 1.72. The van der Waals surface area contributed by atoms with Gasteiger partial charge in [0.1, 0.15) is 5.82 Å². The molecule has 0 aromatic carbocycles. The van der Waals surface area contributed by atoms with Crippen molar-refractivity contribution in [3.63, 3.8) is 0 Å². The molecule has 2 bridgehead atoms. The molecule has 1 saturated heterocycles. The van der Waals surface area contributed by atoms with E-state index in [4.69, 9.17) is 5.73 Å². The number of aryl methyl sites for hydroxylation is 1. The zero-order valence-electron chi connectivity index (χ0n) is 11.8. The molecule has 2 aromatic heterocycles. The van der Waals surface area contributed by atoms with Crippen LogP contribution in [0, 0.1) is 11.8 Å². The van der Waals surface area contributed by atoms with Gasteiger partial charge in [-0.15, -0.1) is 0 Å². The van der Waals surface area contributed by atoms with Crippen molar-refractivity contribution in [2.24, 2.45) is 18.9 Å². The van der Waals surface area contributed by atoms with Crippen molar-refractivity contribution in [1.29, 1.82) is 0 Å². The summed E-state index contributed by atoms with van der Waals surface area (Å²) in [5, 5.41) is 5.06. The van der Waals surface area contributed by atoms with Crippen molar-refractivity contribution in [1.82, 2.24) is 19.7 Å². The lowest BCUT2D eigenvalue weighted by molar-refractivity contribution is 0.230. The third-order valence-corrected chi connectivity index (χ3v) is 4.74. The molecule has 2 fully saturated rings. The highest BCUT2D eigenvalue weighted by Gasteiger charge is 2.31. The molecule has 2 atom stereocenters. The van der Waals surface area contributed by atoms with Gasteiger partial charge in [0, 0.05) is 20.1 Å². The summed E-state index contributed by atoms with van der Waals surface area (Å²) in [6.45, 7) is 2.14. The number of rotatable bonds is 1. The van der Waals surface area contributed by atoms with Gasteiger partial charge in [-0.05, 0) is 31.1 Å². The lowest BCUT2D eigenvalue weighted by Gasteiger charge is -2.41. The minimum Gasteiger partial charge on any atom is -0.383 e. The first-order chi connectivity index (χ1) is 9.70. The molecule has 3 heterocycles. The SMILES string of the molecule is Cn1ncc2c(N)nc(N3C[C@H]4CCC[C@@H](C4)C3)nc21. The zero-order chi connectivity index (χ0) is 13.7. The van der Waals surface area contributed by atoms with Crippen LogP contribution < -0.4 is 10.6 Å². The van der Waals surface area contributed by atoms with Gasteiger partial charge in [-0.1, -0.05) is 6.42 Å². The van der Waals surface area contributed by atoms with Gasteiger partial charge in [0.15, 0.2) is 5.65 Å². The molecule has 6 heteroatoms. The summed E-state index contributed by atoms with van der Waals surface area (Å²) in [4.78, 5) is 11.5. The van der Waals surface area contributed by atoms with Crippen LogP contribution in [0.15, 0.2) is 6.20 Å². The average Bonchev–Trinajstić information content (AvgIpc) is 2.81. The standard InChI is InChI=1S/C14H20N6/c1-19-13-11(6-16-19)12(15)17-14(18-13)20-7-9-3-2-4-10(5-9)8-20/h6,9-10H,2-5,7-8H2,1H3,(H2,15,17,18)/t9-,10-/m0/s1. The van der Waals surface area contributed by atoms with Crippen LogP contribution in [-0.2, 0) is 7.05 Å². The van der Waals surface area contributed by atoms with Crippen LogP contribution in [-0.4, -0.2) is 32.8 Å². The van der Waals surface area contributed by atoms with Crippen LogP contribution in [0.2, 0.25) is 0 Å². The van der Waals surface area contributed by atoms with E-state index in [1.807, 2.05) is 7.05 Å². The number of hydrogen-bond acceptors (Lipinski definition) is 5. The van der Waals surface area contributed by atoms with Crippen LogP contribution in [0.5, 0.6) is 0 Å². The van der Waals surface area contributed by atoms with Crippen molar-refractivity contribution in [2.45, 2.75) is 25.7 Å². The number of nitrogens with two attached hydrogens (primary N) is 1. The van der Waals surface area contributed by atoms with E-state index in [-0.39, 0.29) is 0 Å². The lowest BCUT2D eigenvalue weighted by atomic mass is 9.78. The van der Waals surface area contributed by atoms with Crippen LogP contribution in [0.4, 0.5) is 11.8 Å². The minimum atomic E-state index is 0.536. The van der Waals surface area contributed by atoms with E-state index in [1.54, 1.807) is 10.9 Å². The molecule has 0 unspecified atom stereocenters. The monoisotopic (exact) mass is 272 g/mol. The molecule has 0 spiro atoms. The first-order valence-corrected chi connectivity index (χ1v) is 7.41. The highest BCUT2D eigenvalue weighted by molar-refractivity contribution is 5.86. The molecule has 1 aliphatic heterocycles. The molecule has 6 nitrogen and oxygen atoms in total. The lowest BCUT2D eigenvalue weighted by Crippen LogP contribution is -2.43. The zero-order valence-corrected chi connectivity index (χ0v) is 11.8. The molecule has 0 amide bonds. The Kier molecular flexibility index (Phi) is 2.58. The molecule has 2 aromatic rings. The second-order valence-corrected chi connectivity index (χ2v) is 6.22. The van der Waals surface area contributed by atoms with Crippen molar-refractivity contribution in [3.05, 3.63) is 6.20 Å². The van der Waals surface area contributed by atoms with Gasteiger partial charge in [0.05, 0.1) is 11.6 Å². The fourth-order valence-corrected chi connectivity index (χ4v) is 3.77. The van der Waals surface area contributed by atoms with Gasteiger partial charge < -0.3 is 10.6 Å². The van der Waals surface area contributed by atoms with E-state index in [0.717, 1.165) is 41.9 Å². The van der Waals surface area contributed by atoms with Gasteiger partial charge >= 0.3 is 0 Å². The van der Waals surface area contributed by atoms with Gasteiger partial charge in [0.2, 0.25) is 5.95 Å². The van der Waals surface area contributed by atoms with E-state index < -0.39 is 0 Å². The third-order valence-electron chi connectivity index (χ3n) is 4.74. The largest absolute Gasteiger partial charge is 0.383 e. The van der Waals surface area contributed by atoms with Crippen LogP contribution in [0.25, 0.3) is 11.0 Å². The second-order valence-electron chi connectivity index (χ2n) is 6.22. The average molecular weight is 272 g/mol. The number of fused-ring (bicyclic) bond motifs is 3. The molecule has 106 valence electrons. The summed E-state index contributed by atoms with van der Waals surface area (Å²) in [7, 11) is 1.89. The van der Waals surface area contributed by atoms with Crippen LogP contribution >= 0.6 is 0 Å². The van der Waals surface area contributed by atoms with Gasteiger partial charge in [-0.25, -0.2) is 0 Å². The molecule has 20 heavy (non-hydrogen) atoms. The number of hydrogen-bond donors (Lipinski definition) is 1. The van der Waals surface area contributed by atoms with E-state index >= 15 is 0 Å². The summed E-state index contributed by atoms with van der Waals surface area (Å²) < 4.78 is 1.77. The number of anilines is 2. The topological polar surface area (TPSA) is 72.9 Å². The summed E-state index contributed by atoms with van der Waals surface area (Å²) >= 11 is 0. The summed E-state index contributed by atoms with van der Waals surface area (Å²) in [5.41, 5.74) is 6.88. The normalized spacial score (nSPS) is 26.1. The molecule has 2 N–H and O–H groups in total. The molecule has 4 rings (SSSR count). The van der Waals surface area contributed by atoms with E-state index in [2.05, 4.69) is 20.0 Å². The third kappa shape index (κ3) is 1.82. The summed E-state index contributed by atoms with van der Waals surface area (Å²) in [5.74, 6) is 2.91. The maximum Gasteiger partial charge on any atom is 0.229 e. The van der Waals surface area contributed by atoms with Crippen LogP contribution in [0.1, 0.15) is 25.7 Å². The minimum absolute atomic E-state index is 0.536. The molecule has 1 saturated carbocycles. The molecular formula is C14H20N6. The fourth-order valence-electron chi connectivity index (χ4n) is 3.77. The Morgan fingerprint density at radius 2 is 1.95 bits per heavy atom.